The van der Waals surface area contributed by atoms with Crippen LogP contribution in [0.25, 0.3) is 11.1 Å². The molecule has 1 aliphatic rings. The van der Waals surface area contributed by atoms with E-state index >= 15 is 0 Å². The number of hydrogen-bond acceptors (Lipinski definition) is 0. The molecule has 1 saturated carbocycles. The molecule has 0 bridgehead atoms. The molecule has 116 valence electrons. The second-order valence-electron chi connectivity index (χ2n) is 6.73. The topological polar surface area (TPSA) is 0 Å². The third-order valence-electron chi connectivity index (χ3n) is 5.06. The highest BCUT2D eigenvalue weighted by Gasteiger charge is 2.19. The average molecular weight is 292 g/mol. The smallest absolute Gasteiger partial charge is 0.0149 e. The van der Waals surface area contributed by atoms with Gasteiger partial charge in [-0.25, -0.2) is 0 Å². The number of benzene rings is 2. The monoisotopic (exact) mass is 292 g/mol. The Kier molecular flexibility index (Phi) is 5.32. The minimum Gasteiger partial charge on any atom is -0.0654 e. The maximum Gasteiger partial charge on any atom is -0.0149 e. The van der Waals surface area contributed by atoms with Crippen LogP contribution in [0.2, 0.25) is 0 Å². The van der Waals surface area contributed by atoms with E-state index in [0.29, 0.717) is 0 Å². The predicted octanol–water partition coefficient (Wildman–Crippen LogP) is 6.74. The van der Waals surface area contributed by atoms with Crippen molar-refractivity contribution >= 4 is 0 Å². The van der Waals surface area contributed by atoms with Gasteiger partial charge >= 0.3 is 0 Å². The van der Waals surface area contributed by atoms with E-state index in [0.717, 1.165) is 5.92 Å². The minimum absolute atomic E-state index is 0.769. The Bertz CT molecular complexity index is 576. The molecule has 0 aromatic heterocycles. The standard InChI is InChI=1S/C22H28/c1-2-3-10-18-15-16-21(19-11-6-4-7-12-19)22(17-18)20-13-8-5-9-14-20/h4,6-7,11-12,15-17,20H,2-3,5,8-10,13-14H2,1H3. The van der Waals surface area contributed by atoms with Gasteiger partial charge in [0.05, 0.1) is 0 Å². The number of unbranched alkanes of at least 4 members (excludes halogenated alkanes) is 1. The Balaban J connectivity index is 1.96. The molecule has 0 amide bonds. The van der Waals surface area contributed by atoms with Crippen LogP contribution >= 0.6 is 0 Å². The van der Waals surface area contributed by atoms with Crippen LogP contribution in [0.1, 0.15) is 68.9 Å². The zero-order valence-electron chi connectivity index (χ0n) is 13.9. The molecule has 0 heterocycles. The molecular formula is C22H28. The minimum atomic E-state index is 0.769. The molecule has 0 N–H and O–H groups in total. The van der Waals surface area contributed by atoms with Gasteiger partial charge in [0.1, 0.15) is 0 Å². The first kappa shape index (κ1) is 15.3. The predicted molar refractivity (Wildman–Crippen MR) is 96.3 cm³/mol. The first-order valence-electron chi connectivity index (χ1n) is 9.06. The molecule has 0 heteroatoms. The van der Waals surface area contributed by atoms with E-state index in [-0.39, 0.29) is 0 Å². The molecule has 3 rings (SSSR count). The van der Waals surface area contributed by atoms with Crippen LogP contribution in [0, 0.1) is 0 Å². The lowest BCUT2D eigenvalue weighted by Gasteiger charge is -2.25. The lowest BCUT2D eigenvalue weighted by atomic mass is 9.80. The van der Waals surface area contributed by atoms with Gasteiger partial charge in [0.2, 0.25) is 0 Å². The number of hydrogen-bond donors (Lipinski definition) is 0. The van der Waals surface area contributed by atoms with Crippen LogP contribution in [0.3, 0.4) is 0 Å². The van der Waals surface area contributed by atoms with Crippen molar-refractivity contribution in [3.05, 3.63) is 59.7 Å². The maximum absolute atomic E-state index is 2.52. The van der Waals surface area contributed by atoms with Crippen molar-refractivity contribution in [2.45, 2.75) is 64.2 Å². The fourth-order valence-corrected chi connectivity index (χ4v) is 3.78. The van der Waals surface area contributed by atoms with Crippen LogP contribution in [0.4, 0.5) is 0 Å². The molecule has 1 aliphatic carbocycles. The number of rotatable bonds is 5. The van der Waals surface area contributed by atoms with Crippen molar-refractivity contribution < 1.29 is 0 Å². The van der Waals surface area contributed by atoms with Gasteiger partial charge in [0, 0.05) is 0 Å². The number of aryl methyl sites for hydroxylation is 1. The summed E-state index contributed by atoms with van der Waals surface area (Å²) < 4.78 is 0. The highest BCUT2D eigenvalue weighted by Crippen LogP contribution is 2.38. The molecule has 0 atom stereocenters. The SMILES string of the molecule is CCCCc1ccc(-c2ccccc2)c(C2CCCCC2)c1. The van der Waals surface area contributed by atoms with Gasteiger partial charge in [-0.2, -0.15) is 0 Å². The third kappa shape index (κ3) is 3.61. The normalized spacial score (nSPS) is 15.9. The van der Waals surface area contributed by atoms with Gasteiger partial charge in [-0.05, 0) is 53.9 Å². The summed E-state index contributed by atoms with van der Waals surface area (Å²) in [5.74, 6) is 0.769. The summed E-state index contributed by atoms with van der Waals surface area (Å²) >= 11 is 0. The zero-order chi connectivity index (χ0) is 15.2. The van der Waals surface area contributed by atoms with E-state index in [1.807, 2.05) is 0 Å². The molecule has 0 unspecified atom stereocenters. The quantitative estimate of drug-likeness (QED) is 0.572. The van der Waals surface area contributed by atoms with Gasteiger partial charge in [0.15, 0.2) is 0 Å². The summed E-state index contributed by atoms with van der Waals surface area (Å²) in [6.45, 7) is 2.28. The third-order valence-corrected chi connectivity index (χ3v) is 5.06. The van der Waals surface area contributed by atoms with Crippen LogP contribution in [-0.2, 0) is 6.42 Å². The van der Waals surface area contributed by atoms with E-state index in [4.69, 9.17) is 0 Å². The molecule has 0 spiro atoms. The highest BCUT2D eigenvalue weighted by molar-refractivity contribution is 5.68. The van der Waals surface area contributed by atoms with Crippen molar-refractivity contribution in [1.29, 1.82) is 0 Å². The summed E-state index contributed by atoms with van der Waals surface area (Å²) in [7, 11) is 0. The van der Waals surface area contributed by atoms with Crippen LogP contribution in [0.15, 0.2) is 48.5 Å². The Hall–Kier alpha value is -1.56. The van der Waals surface area contributed by atoms with Crippen molar-refractivity contribution in [3.8, 4) is 11.1 Å². The second-order valence-corrected chi connectivity index (χ2v) is 6.73. The fourth-order valence-electron chi connectivity index (χ4n) is 3.78. The summed E-state index contributed by atoms with van der Waals surface area (Å²) in [6.07, 6.45) is 10.8. The Morgan fingerprint density at radius 2 is 1.68 bits per heavy atom. The highest BCUT2D eigenvalue weighted by atomic mass is 14.2. The van der Waals surface area contributed by atoms with Gasteiger partial charge in [-0.15, -0.1) is 0 Å². The molecule has 2 aromatic rings. The van der Waals surface area contributed by atoms with Gasteiger partial charge in [0.25, 0.3) is 0 Å². The Morgan fingerprint density at radius 3 is 2.41 bits per heavy atom. The average Bonchev–Trinajstić information content (AvgIpc) is 2.61. The Labute approximate surface area is 135 Å². The first-order chi connectivity index (χ1) is 10.9. The van der Waals surface area contributed by atoms with E-state index in [1.54, 1.807) is 5.56 Å². The first-order valence-corrected chi connectivity index (χ1v) is 9.06. The zero-order valence-corrected chi connectivity index (χ0v) is 13.9. The maximum atomic E-state index is 2.52. The summed E-state index contributed by atoms with van der Waals surface area (Å²) in [4.78, 5) is 0. The summed E-state index contributed by atoms with van der Waals surface area (Å²) in [6, 6.07) is 18.2. The van der Waals surface area contributed by atoms with Crippen LogP contribution < -0.4 is 0 Å². The van der Waals surface area contributed by atoms with E-state index in [2.05, 4.69) is 55.5 Å². The van der Waals surface area contributed by atoms with Crippen molar-refractivity contribution in [2.75, 3.05) is 0 Å². The molecule has 2 aromatic carbocycles. The van der Waals surface area contributed by atoms with Gasteiger partial charge in [-0.3, -0.25) is 0 Å². The molecule has 0 nitrogen and oxygen atoms in total. The van der Waals surface area contributed by atoms with Crippen LogP contribution in [-0.4, -0.2) is 0 Å². The van der Waals surface area contributed by atoms with E-state index in [1.165, 1.54) is 68.1 Å². The van der Waals surface area contributed by atoms with Crippen molar-refractivity contribution in [3.63, 3.8) is 0 Å². The molecule has 22 heavy (non-hydrogen) atoms. The van der Waals surface area contributed by atoms with Gasteiger partial charge < -0.3 is 0 Å². The van der Waals surface area contributed by atoms with E-state index in [9.17, 15) is 0 Å². The largest absolute Gasteiger partial charge is 0.0654 e. The van der Waals surface area contributed by atoms with E-state index < -0.39 is 0 Å². The fraction of sp³-hybridized carbons (Fsp3) is 0.455. The lowest BCUT2D eigenvalue weighted by Crippen LogP contribution is -2.07. The van der Waals surface area contributed by atoms with Crippen LogP contribution in [0.5, 0.6) is 0 Å². The Morgan fingerprint density at radius 1 is 0.909 bits per heavy atom. The van der Waals surface area contributed by atoms with Crippen molar-refractivity contribution in [1.82, 2.24) is 0 Å². The van der Waals surface area contributed by atoms with Crippen molar-refractivity contribution in [2.24, 2.45) is 0 Å². The molecule has 1 fully saturated rings. The van der Waals surface area contributed by atoms with Gasteiger partial charge in [-0.1, -0.05) is 81.1 Å². The summed E-state index contributed by atoms with van der Waals surface area (Å²) in [5, 5.41) is 0. The molecule has 0 saturated heterocycles. The molecular weight excluding hydrogens is 264 g/mol. The molecule has 0 aliphatic heterocycles. The lowest BCUT2D eigenvalue weighted by molar-refractivity contribution is 0.444. The molecule has 0 radical (unpaired) electrons. The second kappa shape index (κ2) is 7.63. The summed E-state index contributed by atoms with van der Waals surface area (Å²) in [5.41, 5.74) is 5.99.